The summed E-state index contributed by atoms with van der Waals surface area (Å²) < 4.78 is 26.7. The number of anilines is 1. The van der Waals surface area contributed by atoms with Gasteiger partial charge >= 0.3 is 0 Å². The molecular weight excluding hydrogens is 315 g/mol. The SMILES string of the molecule is Cc1csc(NN=Cc2c(F)c(F)cc(Cl)c2Cl)n1. The minimum Gasteiger partial charge on any atom is -0.253 e. The third-order valence-electron chi connectivity index (χ3n) is 2.12. The van der Waals surface area contributed by atoms with E-state index in [4.69, 9.17) is 23.2 Å². The molecule has 0 bridgehead atoms. The summed E-state index contributed by atoms with van der Waals surface area (Å²) in [5, 5.41) is 5.94. The van der Waals surface area contributed by atoms with E-state index < -0.39 is 11.6 Å². The largest absolute Gasteiger partial charge is 0.253 e. The highest BCUT2D eigenvalue weighted by atomic mass is 35.5. The Balaban J connectivity index is 2.23. The number of nitrogens with zero attached hydrogens (tertiary/aromatic N) is 2. The lowest BCUT2D eigenvalue weighted by Gasteiger charge is -2.03. The first-order valence-corrected chi connectivity index (χ1v) is 6.67. The van der Waals surface area contributed by atoms with Crippen LogP contribution in [-0.4, -0.2) is 11.2 Å². The highest BCUT2D eigenvalue weighted by Gasteiger charge is 2.14. The second-order valence-electron chi connectivity index (χ2n) is 3.55. The lowest BCUT2D eigenvalue weighted by Crippen LogP contribution is -1.98. The molecule has 100 valence electrons. The monoisotopic (exact) mass is 321 g/mol. The minimum atomic E-state index is -1.10. The van der Waals surface area contributed by atoms with Crippen LogP contribution in [0.25, 0.3) is 0 Å². The molecule has 3 nitrogen and oxygen atoms in total. The van der Waals surface area contributed by atoms with Crippen molar-refractivity contribution < 1.29 is 8.78 Å². The third-order valence-corrected chi connectivity index (χ3v) is 3.79. The molecule has 1 aromatic heterocycles. The second-order valence-corrected chi connectivity index (χ2v) is 5.19. The second kappa shape index (κ2) is 5.81. The first-order valence-electron chi connectivity index (χ1n) is 5.03. The van der Waals surface area contributed by atoms with Crippen LogP contribution in [0, 0.1) is 18.6 Å². The quantitative estimate of drug-likeness (QED) is 0.514. The number of aryl methyl sites for hydroxylation is 1. The number of hydrogen-bond acceptors (Lipinski definition) is 4. The van der Waals surface area contributed by atoms with Gasteiger partial charge in [-0.1, -0.05) is 23.2 Å². The fourth-order valence-electron chi connectivity index (χ4n) is 1.26. The zero-order valence-electron chi connectivity index (χ0n) is 9.55. The average Bonchev–Trinajstić information content (AvgIpc) is 2.77. The van der Waals surface area contributed by atoms with Crippen LogP contribution >= 0.6 is 34.5 Å². The molecule has 0 radical (unpaired) electrons. The molecule has 0 atom stereocenters. The summed E-state index contributed by atoms with van der Waals surface area (Å²) in [5.41, 5.74) is 3.21. The number of hydrogen-bond donors (Lipinski definition) is 1. The van der Waals surface area contributed by atoms with Gasteiger partial charge in [-0.15, -0.1) is 11.3 Å². The Labute approximate surface area is 121 Å². The first kappa shape index (κ1) is 14.2. The molecule has 2 aromatic rings. The Kier molecular flexibility index (Phi) is 4.34. The molecule has 0 amide bonds. The molecule has 0 aliphatic carbocycles. The average molecular weight is 322 g/mol. The lowest BCUT2D eigenvalue weighted by molar-refractivity contribution is 0.507. The van der Waals surface area contributed by atoms with Crippen LogP contribution in [0.4, 0.5) is 13.9 Å². The maximum absolute atomic E-state index is 13.5. The molecule has 1 heterocycles. The van der Waals surface area contributed by atoms with Crippen molar-refractivity contribution in [2.45, 2.75) is 6.92 Å². The van der Waals surface area contributed by atoms with Crippen molar-refractivity contribution in [3.05, 3.63) is 44.4 Å². The van der Waals surface area contributed by atoms with E-state index in [1.54, 1.807) is 0 Å². The van der Waals surface area contributed by atoms with Gasteiger partial charge in [-0.25, -0.2) is 13.8 Å². The molecule has 1 N–H and O–H groups in total. The van der Waals surface area contributed by atoms with Crippen LogP contribution in [0.15, 0.2) is 16.5 Å². The van der Waals surface area contributed by atoms with Gasteiger partial charge in [0.25, 0.3) is 0 Å². The van der Waals surface area contributed by atoms with E-state index in [1.807, 2.05) is 12.3 Å². The van der Waals surface area contributed by atoms with Crippen LogP contribution in [0.1, 0.15) is 11.3 Å². The van der Waals surface area contributed by atoms with Gasteiger partial charge in [0.1, 0.15) is 0 Å². The molecule has 19 heavy (non-hydrogen) atoms. The van der Waals surface area contributed by atoms with E-state index in [1.165, 1.54) is 11.3 Å². The fraction of sp³-hybridized carbons (Fsp3) is 0.0909. The number of thiazole rings is 1. The van der Waals surface area contributed by atoms with Crippen molar-refractivity contribution >= 4 is 45.9 Å². The number of nitrogens with one attached hydrogen (secondary N) is 1. The van der Waals surface area contributed by atoms with Gasteiger partial charge in [-0.05, 0) is 13.0 Å². The van der Waals surface area contributed by atoms with E-state index in [2.05, 4.69) is 15.5 Å². The van der Waals surface area contributed by atoms with Crippen LogP contribution in [0.3, 0.4) is 0 Å². The summed E-state index contributed by atoms with van der Waals surface area (Å²) >= 11 is 12.8. The summed E-state index contributed by atoms with van der Waals surface area (Å²) in [6, 6.07) is 0.814. The highest BCUT2D eigenvalue weighted by molar-refractivity contribution is 7.13. The van der Waals surface area contributed by atoms with Gasteiger partial charge < -0.3 is 0 Å². The summed E-state index contributed by atoms with van der Waals surface area (Å²) in [6.45, 7) is 1.83. The first-order chi connectivity index (χ1) is 8.99. The number of rotatable bonds is 3. The van der Waals surface area contributed by atoms with Crippen LogP contribution in [0.5, 0.6) is 0 Å². The predicted octanol–water partition coefficient (Wildman–Crippen LogP) is 4.48. The standard InChI is InChI=1S/C11H7Cl2F2N3S/c1-5-4-19-11(17-5)18-16-3-6-9(13)7(12)2-8(14)10(6)15/h2-4H,1H3,(H,17,18). The molecule has 8 heteroatoms. The van der Waals surface area contributed by atoms with Crippen molar-refractivity contribution in [3.63, 3.8) is 0 Å². The number of hydrazone groups is 1. The minimum absolute atomic E-state index is 0.0768. The van der Waals surface area contributed by atoms with Gasteiger partial charge in [0, 0.05) is 5.38 Å². The normalized spacial score (nSPS) is 11.2. The summed E-state index contributed by atoms with van der Waals surface area (Å²) in [5.74, 6) is -2.18. The summed E-state index contributed by atoms with van der Waals surface area (Å²) in [7, 11) is 0. The Morgan fingerprint density at radius 3 is 2.79 bits per heavy atom. The number of aromatic nitrogens is 1. The van der Waals surface area contributed by atoms with Crippen molar-refractivity contribution in [2.24, 2.45) is 5.10 Å². The van der Waals surface area contributed by atoms with Crippen LogP contribution < -0.4 is 5.43 Å². The molecule has 2 rings (SSSR count). The van der Waals surface area contributed by atoms with Crippen molar-refractivity contribution in [3.8, 4) is 0 Å². The van der Waals surface area contributed by atoms with E-state index in [0.29, 0.717) is 5.13 Å². The van der Waals surface area contributed by atoms with Gasteiger partial charge in [0.15, 0.2) is 11.6 Å². The summed E-state index contributed by atoms with van der Waals surface area (Å²) in [6.07, 6.45) is 1.06. The smallest absolute Gasteiger partial charge is 0.203 e. The Hall–Kier alpha value is -1.24. The molecule has 1 aromatic carbocycles. The Morgan fingerprint density at radius 1 is 1.42 bits per heavy atom. The van der Waals surface area contributed by atoms with E-state index >= 15 is 0 Å². The van der Waals surface area contributed by atoms with Crippen molar-refractivity contribution in [1.82, 2.24) is 4.98 Å². The van der Waals surface area contributed by atoms with Crippen molar-refractivity contribution in [1.29, 1.82) is 0 Å². The van der Waals surface area contributed by atoms with Gasteiger partial charge in [0.05, 0.1) is 27.5 Å². The van der Waals surface area contributed by atoms with E-state index in [0.717, 1.165) is 18.0 Å². The van der Waals surface area contributed by atoms with Gasteiger partial charge in [-0.3, -0.25) is 5.43 Å². The van der Waals surface area contributed by atoms with Crippen molar-refractivity contribution in [2.75, 3.05) is 5.43 Å². The van der Waals surface area contributed by atoms with Gasteiger partial charge in [0.2, 0.25) is 5.13 Å². The molecular formula is C11H7Cl2F2N3S. The van der Waals surface area contributed by atoms with Gasteiger partial charge in [-0.2, -0.15) is 5.10 Å². The fourth-order valence-corrected chi connectivity index (χ4v) is 2.28. The third kappa shape index (κ3) is 3.20. The number of halogens is 4. The summed E-state index contributed by atoms with van der Waals surface area (Å²) in [4.78, 5) is 4.09. The number of benzene rings is 1. The molecule has 0 spiro atoms. The molecule has 0 aliphatic rings. The maximum atomic E-state index is 13.5. The van der Waals surface area contributed by atoms with E-state index in [-0.39, 0.29) is 15.6 Å². The Bertz CT molecular complexity index is 617. The maximum Gasteiger partial charge on any atom is 0.203 e. The zero-order chi connectivity index (χ0) is 14.0. The van der Waals surface area contributed by atoms with Crippen LogP contribution in [-0.2, 0) is 0 Å². The molecule has 0 saturated carbocycles. The molecule has 0 unspecified atom stereocenters. The van der Waals surface area contributed by atoms with Crippen LogP contribution in [0.2, 0.25) is 10.0 Å². The molecule has 0 fully saturated rings. The Morgan fingerprint density at radius 2 is 2.16 bits per heavy atom. The van der Waals surface area contributed by atoms with E-state index in [9.17, 15) is 8.78 Å². The molecule has 0 aliphatic heterocycles. The lowest BCUT2D eigenvalue weighted by atomic mass is 10.2. The molecule has 0 saturated heterocycles. The zero-order valence-corrected chi connectivity index (χ0v) is 11.9. The topological polar surface area (TPSA) is 37.3 Å². The highest BCUT2D eigenvalue weighted by Crippen LogP contribution is 2.28. The predicted molar refractivity (Wildman–Crippen MR) is 74.4 cm³/mol.